The van der Waals surface area contributed by atoms with Crippen LogP contribution in [0.1, 0.15) is 6.42 Å². The first-order valence-electron chi connectivity index (χ1n) is 6.23. The topological polar surface area (TPSA) is 61.4 Å². The minimum atomic E-state index is -0.542. The lowest BCUT2D eigenvalue weighted by atomic mass is 10.2. The molecule has 0 radical (unpaired) electrons. The molecule has 21 heavy (non-hydrogen) atoms. The number of hydrogen-bond acceptors (Lipinski definition) is 3. The summed E-state index contributed by atoms with van der Waals surface area (Å²) in [6, 6.07) is 3.58. The highest BCUT2D eigenvalue weighted by molar-refractivity contribution is 6.31. The smallest absolute Gasteiger partial charge is 0.249 e. The van der Waals surface area contributed by atoms with E-state index >= 15 is 0 Å². The molecule has 5 nitrogen and oxygen atoms in total. The summed E-state index contributed by atoms with van der Waals surface area (Å²) in [7, 11) is 1.66. The van der Waals surface area contributed by atoms with Gasteiger partial charge in [0.2, 0.25) is 11.8 Å². The second-order valence-electron chi connectivity index (χ2n) is 4.53. The zero-order chi connectivity index (χ0) is 14.7. The quantitative estimate of drug-likeness (QED) is 0.872. The molecular formula is C13H16Cl2FN3O2. The van der Waals surface area contributed by atoms with Gasteiger partial charge in [-0.1, -0.05) is 11.6 Å². The number of nitrogens with one attached hydrogen (secondary N) is 2. The van der Waals surface area contributed by atoms with Gasteiger partial charge in [0.15, 0.2) is 0 Å². The van der Waals surface area contributed by atoms with Gasteiger partial charge in [0.1, 0.15) is 11.9 Å². The monoisotopic (exact) mass is 335 g/mol. The van der Waals surface area contributed by atoms with Gasteiger partial charge in [-0.25, -0.2) is 4.39 Å². The fourth-order valence-electron chi connectivity index (χ4n) is 2.13. The summed E-state index contributed by atoms with van der Waals surface area (Å²) in [6.07, 6.45) is 0.517. The first-order valence-corrected chi connectivity index (χ1v) is 6.61. The Balaban J connectivity index is 0.00000220. The van der Waals surface area contributed by atoms with Gasteiger partial charge in [-0.15, -0.1) is 12.4 Å². The third kappa shape index (κ3) is 4.06. The van der Waals surface area contributed by atoms with Crippen LogP contribution in [0.5, 0.6) is 0 Å². The molecule has 0 saturated carbocycles. The van der Waals surface area contributed by atoms with Gasteiger partial charge >= 0.3 is 0 Å². The van der Waals surface area contributed by atoms with E-state index in [1.165, 1.54) is 23.1 Å². The summed E-state index contributed by atoms with van der Waals surface area (Å²) in [5, 5.41) is 5.34. The number of benzene rings is 1. The van der Waals surface area contributed by atoms with Crippen LogP contribution in [-0.4, -0.2) is 38.0 Å². The molecule has 1 atom stereocenters. The first kappa shape index (κ1) is 17.7. The Kier molecular flexibility index (Phi) is 6.39. The van der Waals surface area contributed by atoms with Crippen molar-refractivity contribution in [1.82, 2.24) is 10.6 Å². The molecule has 2 rings (SSSR count). The lowest BCUT2D eigenvalue weighted by molar-refractivity contribution is -0.125. The number of nitrogens with zero attached hydrogens (tertiary/aromatic N) is 1. The van der Waals surface area contributed by atoms with Crippen molar-refractivity contribution < 1.29 is 14.0 Å². The molecule has 1 heterocycles. The van der Waals surface area contributed by atoms with E-state index < -0.39 is 11.9 Å². The molecule has 0 bridgehead atoms. The molecule has 2 N–H and O–H groups in total. The van der Waals surface area contributed by atoms with Crippen LogP contribution in [0.3, 0.4) is 0 Å². The van der Waals surface area contributed by atoms with Crippen molar-refractivity contribution in [1.29, 1.82) is 0 Å². The Labute approximate surface area is 133 Å². The Hall–Kier alpha value is -1.37. The Morgan fingerprint density at radius 2 is 2.24 bits per heavy atom. The predicted octanol–water partition coefficient (Wildman–Crippen LogP) is 1.34. The normalized spacial score (nSPS) is 17.6. The zero-order valence-corrected chi connectivity index (χ0v) is 12.9. The number of likely N-dealkylation sites (N-methyl/N-ethyl adjacent to an activating group) is 1. The van der Waals surface area contributed by atoms with Gasteiger partial charge < -0.3 is 15.5 Å². The Bertz CT molecular complexity index is 542. The van der Waals surface area contributed by atoms with Crippen LogP contribution in [0.4, 0.5) is 10.1 Å². The molecule has 1 aliphatic rings. The van der Waals surface area contributed by atoms with Crippen LogP contribution in [-0.2, 0) is 9.59 Å². The molecule has 1 fully saturated rings. The highest BCUT2D eigenvalue weighted by Gasteiger charge is 2.33. The lowest BCUT2D eigenvalue weighted by Gasteiger charge is -2.17. The van der Waals surface area contributed by atoms with Crippen molar-refractivity contribution in [2.45, 2.75) is 12.5 Å². The second kappa shape index (κ2) is 7.59. The van der Waals surface area contributed by atoms with Crippen molar-refractivity contribution in [3.8, 4) is 0 Å². The molecular weight excluding hydrogens is 320 g/mol. The molecule has 2 amide bonds. The summed E-state index contributed by atoms with van der Waals surface area (Å²) >= 11 is 5.71. The molecule has 116 valence electrons. The predicted molar refractivity (Wildman–Crippen MR) is 81.5 cm³/mol. The fourth-order valence-corrected chi connectivity index (χ4v) is 2.30. The standard InChI is InChI=1S/C13H15ClFN3O2.ClH/c1-16-7-12(19)17-11-4-5-18(13(11)20)8-2-3-10(15)9(14)6-8;/h2-3,6,11,16H,4-5,7H2,1H3,(H,17,19);1H. The van der Waals surface area contributed by atoms with Gasteiger partial charge in [-0.3, -0.25) is 9.59 Å². The van der Waals surface area contributed by atoms with Crippen molar-refractivity contribution in [2.75, 3.05) is 25.0 Å². The Morgan fingerprint density at radius 3 is 2.86 bits per heavy atom. The second-order valence-corrected chi connectivity index (χ2v) is 4.93. The SMILES string of the molecule is CNCC(=O)NC1CCN(c2ccc(F)c(Cl)c2)C1=O.Cl. The van der Waals surface area contributed by atoms with Gasteiger partial charge in [0.05, 0.1) is 11.6 Å². The number of anilines is 1. The van der Waals surface area contributed by atoms with Crippen LogP contribution in [0.15, 0.2) is 18.2 Å². The summed E-state index contributed by atoms with van der Waals surface area (Å²) in [5.41, 5.74) is 0.534. The van der Waals surface area contributed by atoms with E-state index in [9.17, 15) is 14.0 Å². The molecule has 1 aliphatic heterocycles. The van der Waals surface area contributed by atoms with Crippen LogP contribution < -0.4 is 15.5 Å². The summed E-state index contributed by atoms with van der Waals surface area (Å²) in [6.45, 7) is 0.622. The highest BCUT2D eigenvalue weighted by Crippen LogP contribution is 2.26. The summed E-state index contributed by atoms with van der Waals surface area (Å²) < 4.78 is 13.1. The third-order valence-electron chi connectivity index (χ3n) is 3.09. The third-order valence-corrected chi connectivity index (χ3v) is 3.38. The van der Waals surface area contributed by atoms with E-state index in [1.54, 1.807) is 7.05 Å². The van der Waals surface area contributed by atoms with Crippen molar-refractivity contribution in [2.24, 2.45) is 0 Å². The summed E-state index contributed by atoms with van der Waals surface area (Å²) in [5.74, 6) is -0.970. The molecule has 0 spiro atoms. The number of carbonyl (C=O) groups excluding carboxylic acids is 2. The molecule has 1 unspecified atom stereocenters. The van der Waals surface area contributed by atoms with Gasteiger partial charge in [0, 0.05) is 12.2 Å². The van der Waals surface area contributed by atoms with Gasteiger partial charge in [0.25, 0.3) is 0 Å². The fraction of sp³-hybridized carbons (Fsp3) is 0.385. The largest absolute Gasteiger partial charge is 0.343 e. The highest BCUT2D eigenvalue weighted by atomic mass is 35.5. The van der Waals surface area contributed by atoms with Crippen molar-refractivity contribution in [3.05, 3.63) is 29.0 Å². The number of rotatable bonds is 4. The first-order chi connectivity index (χ1) is 9.52. The van der Waals surface area contributed by atoms with Crippen molar-refractivity contribution in [3.63, 3.8) is 0 Å². The minimum Gasteiger partial charge on any atom is -0.343 e. The van der Waals surface area contributed by atoms with Crippen LogP contribution in [0, 0.1) is 5.82 Å². The van der Waals surface area contributed by atoms with Crippen LogP contribution in [0.2, 0.25) is 5.02 Å². The van der Waals surface area contributed by atoms with Crippen LogP contribution >= 0.6 is 24.0 Å². The molecule has 1 aromatic rings. The average molecular weight is 336 g/mol. The maximum Gasteiger partial charge on any atom is 0.249 e. The van der Waals surface area contributed by atoms with Crippen molar-refractivity contribution >= 4 is 41.5 Å². The van der Waals surface area contributed by atoms with E-state index in [0.717, 1.165) is 0 Å². The molecule has 0 aliphatic carbocycles. The van der Waals surface area contributed by atoms with E-state index in [2.05, 4.69) is 10.6 Å². The number of amides is 2. The number of halogens is 3. The van der Waals surface area contributed by atoms with E-state index in [4.69, 9.17) is 11.6 Å². The lowest BCUT2D eigenvalue weighted by Crippen LogP contribution is -2.44. The number of carbonyl (C=O) groups is 2. The zero-order valence-electron chi connectivity index (χ0n) is 11.4. The molecule has 1 saturated heterocycles. The average Bonchev–Trinajstić information content (AvgIpc) is 2.75. The maximum atomic E-state index is 13.1. The molecule has 1 aromatic carbocycles. The molecule has 0 aromatic heterocycles. The van der Waals surface area contributed by atoms with Crippen LogP contribution in [0.25, 0.3) is 0 Å². The van der Waals surface area contributed by atoms with E-state index in [-0.39, 0.29) is 35.8 Å². The number of hydrogen-bond donors (Lipinski definition) is 2. The van der Waals surface area contributed by atoms with E-state index in [0.29, 0.717) is 18.7 Å². The van der Waals surface area contributed by atoms with E-state index in [1.807, 2.05) is 0 Å². The van der Waals surface area contributed by atoms with Gasteiger partial charge in [-0.05, 0) is 31.7 Å². The maximum absolute atomic E-state index is 13.1. The minimum absolute atomic E-state index is 0. The van der Waals surface area contributed by atoms with Gasteiger partial charge in [-0.2, -0.15) is 0 Å². The molecule has 8 heteroatoms. The Morgan fingerprint density at radius 1 is 1.52 bits per heavy atom. The summed E-state index contributed by atoms with van der Waals surface area (Å²) in [4.78, 5) is 25.2.